The van der Waals surface area contributed by atoms with Gasteiger partial charge in [0.25, 0.3) is 0 Å². The Morgan fingerprint density at radius 3 is 1.02 bits per heavy atom. The summed E-state index contributed by atoms with van der Waals surface area (Å²) in [5, 5.41) is 15.2. The molecule has 0 spiro atoms. The minimum absolute atomic E-state index is 0.0342. The van der Waals surface area contributed by atoms with Crippen LogP contribution in [0.2, 0.25) is 0 Å². The second-order valence-corrected chi connectivity index (χ2v) is 17.8. The molecular weight excluding hydrogens is 673 g/mol. The maximum absolute atomic E-state index is 3.75. The predicted octanol–water partition coefficient (Wildman–Crippen LogP) is 14.5. The molecule has 11 rings (SSSR count). The van der Waals surface area contributed by atoms with Crippen molar-refractivity contribution in [3.8, 4) is 45.9 Å². The van der Waals surface area contributed by atoms with Crippen LogP contribution in [0.15, 0.2) is 133 Å². The SMILES string of the molecule is CC(C)(C)c1cc(C#Cc2ccc3ccc4cccc5ccc2c3c45)c2c(c1)-c1cc(C(C)(C)C)cc(C#Cc3ccc4ccc5cccc6ccc3c4c56)c1-2. The molecule has 264 valence electrons. The van der Waals surface area contributed by atoms with Crippen LogP contribution in [0.25, 0.3) is 86.9 Å². The summed E-state index contributed by atoms with van der Waals surface area (Å²) >= 11 is 0. The first kappa shape index (κ1) is 32.8. The van der Waals surface area contributed by atoms with Gasteiger partial charge in [0.2, 0.25) is 0 Å². The minimum Gasteiger partial charge on any atom is -0.0610 e. The van der Waals surface area contributed by atoms with Gasteiger partial charge in [-0.3, -0.25) is 0 Å². The summed E-state index contributed by atoms with van der Waals surface area (Å²) in [5.41, 5.74) is 11.8. The molecule has 0 saturated heterocycles. The van der Waals surface area contributed by atoms with Crippen LogP contribution in [0.3, 0.4) is 0 Å². The van der Waals surface area contributed by atoms with Crippen LogP contribution in [0.5, 0.6) is 0 Å². The third kappa shape index (κ3) is 4.83. The first-order chi connectivity index (χ1) is 27.0. The molecule has 0 heteroatoms. The highest BCUT2D eigenvalue weighted by molar-refractivity contribution is 6.25. The highest BCUT2D eigenvalue weighted by atomic mass is 14.3. The Balaban J connectivity index is 1.11. The van der Waals surface area contributed by atoms with E-state index >= 15 is 0 Å². The van der Waals surface area contributed by atoms with Crippen LogP contribution in [-0.4, -0.2) is 0 Å². The quantitative estimate of drug-likeness (QED) is 0.108. The number of rotatable bonds is 0. The normalized spacial score (nSPS) is 12.5. The summed E-state index contributed by atoms with van der Waals surface area (Å²) in [7, 11) is 0. The molecule has 0 unspecified atom stereocenters. The van der Waals surface area contributed by atoms with E-state index in [9.17, 15) is 0 Å². The lowest BCUT2D eigenvalue weighted by Gasteiger charge is -2.33. The number of fused-ring (bicyclic) bond motifs is 4. The van der Waals surface area contributed by atoms with Crippen LogP contribution < -0.4 is 0 Å². The molecule has 0 radical (unpaired) electrons. The van der Waals surface area contributed by atoms with Crippen LogP contribution in [0.4, 0.5) is 0 Å². The maximum atomic E-state index is 3.75. The lowest BCUT2D eigenvalue weighted by molar-refractivity contribution is 0.589. The van der Waals surface area contributed by atoms with Gasteiger partial charge in [0.15, 0.2) is 0 Å². The third-order valence-corrected chi connectivity index (χ3v) is 12.3. The van der Waals surface area contributed by atoms with Gasteiger partial charge in [-0.25, -0.2) is 0 Å². The van der Waals surface area contributed by atoms with Crippen LogP contribution in [0.1, 0.15) is 74.9 Å². The fourth-order valence-electron chi connectivity index (χ4n) is 9.21. The van der Waals surface area contributed by atoms with E-state index < -0.39 is 0 Å². The second kappa shape index (κ2) is 11.5. The van der Waals surface area contributed by atoms with E-state index in [-0.39, 0.29) is 10.8 Å². The summed E-state index contributed by atoms with van der Waals surface area (Å²) < 4.78 is 0. The van der Waals surface area contributed by atoms with Crippen molar-refractivity contribution in [3.63, 3.8) is 0 Å². The Kier molecular flexibility index (Phi) is 6.71. The van der Waals surface area contributed by atoms with Gasteiger partial charge in [-0.2, -0.15) is 0 Å². The smallest absolute Gasteiger partial charge is 0.0337 e. The van der Waals surface area contributed by atoms with Gasteiger partial charge >= 0.3 is 0 Å². The summed E-state index contributed by atoms with van der Waals surface area (Å²) in [5.74, 6) is 14.9. The molecule has 1 aliphatic carbocycles. The minimum atomic E-state index is -0.0342. The van der Waals surface area contributed by atoms with Crippen LogP contribution in [0, 0.1) is 23.7 Å². The topological polar surface area (TPSA) is 0 Å². The second-order valence-electron chi connectivity index (χ2n) is 17.8. The highest BCUT2D eigenvalue weighted by Crippen LogP contribution is 2.53. The summed E-state index contributed by atoms with van der Waals surface area (Å²) in [4.78, 5) is 0. The van der Waals surface area contributed by atoms with Crippen molar-refractivity contribution in [2.75, 3.05) is 0 Å². The van der Waals surface area contributed by atoms with Crippen molar-refractivity contribution in [2.24, 2.45) is 0 Å². The molecule has 0 bridgehead atoms. The molecule has 56 heavy (non-hydrogen) atoms. The molecule has 1 aliphatic rings. The van der Waals surface area contributed by atoms with Gasteiger partial charge in [0.05, 0.1) is 0 Å². The Morgan fingerprint density at radius 1 is 0.321 bits per heavy atom. The van der Waals surface area contributed by atoms with Gasteiger partial charge in [0, 0.05) is 33.4 Å². The molecule has 10 aromatic rings. The van der Waals surface area contributed by atoms with Crippen molar-refractivity contribution in [1.82, 2.24) is 0 Å². The molecule has 0 N–H and O–H groups in total. The van der Waals surface area contributed by atoms with Gasteiger partial charge < -0.3 is 0 Å². The molecule has 0 nitrogen and oxygen atoms in total. The van der Waals surface area contributed by atoms with E-state index in [1.807, 2.05) is 0 Å². The van der Waals surface area contributed by atoms with E-state index in [2.05, 4.69) is 199 Å². The van der Waals surface area contributed by atoms with Crippen molar-refractivity contribution in [2.45, 2.75) is 52.4 Å². The van der Waals surface area contributed by atoms with Crippen LogP contribution >= 0.6 is 0 Å². The molecular formula is C56H40. The van der Waals surface area contributed by atoms with E-state index in [0.29, 0.717) is 0 Å². The summed E-state index contributed by atoms with van der Waals surface area (Å²) in [6.45, 7) is 13.8. The first-order valence-electron chi connectivity index (χ1n) is 19.8. The molecule has 0 heterocycles. The zero-order valence-electron chi connectivity index (χ0n) is 32.7. The molecule has 0 fully saturated rings. The average molecular weight is 713 g/mol. The van der Waals surface area contributed by atoms with Crippen molar-refractivity contribution in [1.29, 1.82) is 0 Å². The first-order valence-corrected chi connectivity index (χ1v) is 19.8. The average Bonchev–Trinajstić information content (AvgIpc) is 3.18. The molecule has 0 saturated carbocycles. The molecule has 0 atom stereocenters. The summed E-state index contributed by atoms with van der Waals surface area (Å²) in [6.07, 6.45) is 0. The Hall–Kier alpha value is -6.60. The van der Waals surface area contributed by atoms with Crippen molar-refractivity contribution >= 4 is 64.6 Å². The predicted molar refractivity (Wildman–Crippen MR) is 241 cm³/mol. The number of benzene rings is 10. The maximum Gasteiger partial charge on any atom is 0.0337 e. The fraction of sp³-hybridized carbons (Fsp3) is 0.143. The number of hydrogen-bond donors (Lipinski definition) is 0. The number of hydrogen-bond acceptors (Lipinski definition) is 0. The Bertz CT molecular complexity index is 3160. The van der Waals surface area contributed by atoms with Gasteiger partial charge in [-0.1, -0.05) is 162 Å². The Labute approximate surface area is 328 Å². The Morgan fingerprint density at radius 2 is 0.643 bits per heavy atom. The summed E-state index contributed by atoms with van der Waals surface area (Å²) in [6, 6.07) is 49.5. The van der Waals surface area contributed by atoms with E-state index in [4.69, 9.17) is 0 Å². The van der Waals surface area contributed by atoms with Gasteiger partial charge in [-0.15, -0.1) is 0 Å². The lowest BCUT2D eigenvalue weighted by Crippen LogP contribution is -2.17. The largest absolute Gasteiger partial charge is 0.0610 e. The third-order valence-electron chi connectivity index (χ3n) is 12.3. The van der Waals surface area contributed by atoms with Crippen LogP contribution in [-0.2, 0) is 10.8 Å². The van der Waals surface area contributed by atoms with E-state index in [1.165, 1.54) is 98.0 Å². The molecule has 10 aromatic carbocycles. The standard InChI is InChI=1S/C56H40/c1-55(2,3)43-29-41(23-15-33-13-17-39-21-19-35-9-7-11-37-25-27-45(33)51(39)49(35)37)53-47(31-43)48-32-44(56(4,5)6)30-42(54(48)53)24-16-34-14-18-40-22-20-36-10-8-12-38-26-28-46(34)52(40)50(36)38/h7-14,17-22,25-32H,1-6H3. The zero-order valence-corrected chi connectivity index (χ0v) is 32.7. The lowest BCUT2D eigenvalue weighted by atomic mass is 9.70. The molecule has 0 aromatic heterocycles. The van der Waals surface area contributed by atoms with Crippen molar-refractivity contribution in [3.05, 3.63) is 167 Å². The van der Waals surface area contributed by atoms with Gasteiger partial charge in [0.1, 0.15) is 0 Å². The van der Waals surface area contributed by atoms with Crippen molar-refractivity contribution < 1.29 is 0 Å². The zero-order chi connectivity index (χ0) is 38.1. The van der Waals surface area contributed by atoms with E-state index in [0.717, 1.165) is 22.3 Å². The van der Waals surface area contributed by atoms with E-state index in [1.54, 1.807) is 0 Å². The fourth-order valence-corrected chi connectivity index (χ4v) is 9.21. The van der Waals surface area contributed by atoms with Gasteiger partial charge in [-0.05, 0) is 134 Å². The molecule has 0 amide bonds. The molecule has 0 aliphatic heterocycles. The highest BCUT2D eigenvalue weighted by Gasteiger charge is 2.32. The monoisotopic (exact) mass is 712 g/mol.